The van der Waals surface area contributed by atoms with Gasteiger partial charge in [-0.3, -0.25) is 9.67 Å². The van der Waals surface area contributed by atoms with Gasteiger partial charge >= 0.3 is 6.03 Å². The highest BCUT2D eigenvalue weighted by Crippen LogP contribution is 2.02. The third-order valence-corrected chi connectivity index (χ3v) is 2.12. The number of amides is 2. The van der Waals surface area contributed by atoms with Crippen molar-refractivity contribution in [3.05, 3.63) is 42.5 Å². The normalized spacial score (nSPS) is 9.94. The van der Waals surface area contributed by atoms with Crippen LogP contribution in [0.15, 0.2) is 36.8 Å². The summed E-state index contributed by atoms with van der Waals surface area (Å²) in [6.07, 6.45) is 5.00. The number of nitrogens with zero attached hydrogens (tertiary/aromatic N) is 3. The molecule has 6 nitrogen and oxygen atoms in total. The Kier molecular flexibility index (Phi) is 3.34. The smallest absolute Gasteiger partial charge is 0.319 e. The molecule has 0 atom stereocenters. The molecule has 2 aromatic rings. The zero-order chi connectivity index (χ0) is 12.1. The number of hydrogen-bond acceptors (Lipinski definition) is 3. The lowest BCUT2D eigenvalue weighted by molar-refractivity contribution is 0.251. The fourth-order valence-electron chi connectivity index (χ4n) is 1.33. The van der Waals surface area contributed by atoms with Gasteiger partial charge in [0.25, 0.3) is 0 Å². The lowest BCUT2D eigenvalue weighted by Gasteiger charge is -2.04. The molecule has 0 radical (unpaired) electrons. The Labute approximate surface area is 98.7 Å². The number of carbonyl (C=O) groups is 1. The molecular weight excluding hydrogens is 218 g/mol. The molecule has 0 unspecified atom stereocenters. The highest BCUT2D eigenvalue weighted by Gasteiger charge is 2.03. The number of aromatic nitrogens is 3. The maximum atomic E-state index is 11.5. The van der Waals surface area contributed by atoms with Crippen LogP contribution < -0.4 is 10.6 Å². The third kappa shape index (κ3) is 3.30. The van der Waals surface area contributed by atoms with Crippen LogP contribution >= 0.6 is 0 Å². The minimum atomic E-state index is -0.274. The number of aryl methyl sites for hydroxylation is 1. The van der Waals surface area contributed by atoms with E-state index in [-0.39, 0.29) is 6.03 Å². The molecule has 88 valence electrons. The van der Waals surface area contributed by atoms with Gasteiger partial charge in [0.15, 0.2) is 0 Å². The Morgan fingerprint density at radius 1 is 1.47 bits per heavy atom. The van der Waals surface area contributed by atoms with E-state index in [1.807, 2.05) is 18.2 Å². The molecule has 2 amide bonds. The molecule has 0 aliphatic carbocycles. The monoisotopic (exact) mass is 231 g/mol. The van der Waals surface area contributed by atoms with E-state index in [4.69, 9.17) is 0 Å². The number of nitrogens with one attached hydrogen (secondary N) is 2. The second-order valence-electron chi connectivity index (χ2n) is 3.53. The van der Waals surface area contributed by atoms with Crippen LogP contribution in [0.2, 0.25) is 0 Å². The van der Waals surface area contributed by atoms with Gasteiger partial charge in [0.1, 0.15) is 0 Å². The number of pyridine rings is 1. The third-order valence-electron chi connectivity index (χ3n) is 2.12. The molecule has 0 saturated carbocycles. The van der Waals surface area contributed by atoms with Crippen LogP contribution in [0, 0.1) is 0 Å². The van der Waals surface area contributed by atoms with Crippen molar-refractivity contribution < 1.29 is 4.79 Å². The molecule has 0 aliphatic heterocycles. The minimum absolute atomic E-state index is 0.274. The zero-order valence-electron chi connectivity index (χ0n) is 9.42. The number of carbonyl (C=O) groups excluding carboxylic acids is 1. The molecule has 0 fully saturated rings. The first-order valence-corrected chi connectivity index (χ1v) is 5.17. The van der Waals surface area contributed by atoms with Crippen LogP contribution in [0.3, 0.4) is 0 Å². The average Bonchev–Trinajstić information content (AvgIpc) is 2.73. The molecule has 2 N–H and O–H groups in total. The molecule has 2 rings (SSSR count). The summed E-state index contributed by atoms with van der Waals surface area (Å²) in [5, 5.41) is 9.33. The van der Waals surface area contributed by atoms with Crippen molar-refractivity contribution in [3.63, 3.8) is 0 Å². The van der Waals surface area contributed by atoms with Crippen LogP contribution in [-0.4, -0.2) is 20.8 Å². The molecule has 2 heterocycles. The largest absolute Gasteiger partial charge is 0.332 e. The first kappa shape index (κ1) is 11.1. The fourth-order valence-corrected chi connectivity index (χ4v) is 1.33. The molecule has 2 aromatic heterocycles. The number of hydrogen-bond donors (Lipinski definition) is 2. The van der Waals surface area contributed by atoms with Gasteiger partial charge in [-0.1, -0.05) is 6.07 Å². The Bertz CT molecular complexity index is 494. The summed E-state index contributed by atoms with van der Waals surface area (Å²) in [6, 6.07) is 5.29. The van der Waals surface area contributed by atoms with Crippen LogP contribution in [0.25, 0.3) is 0 Å². The van der Waals surface area contributed by atoms with Crippen LogP contribution in [-0.2, 0) is 13.6 Å². The van der Waals surface area contributed by atoms with Gasteiger partial charge in [-0.25, -0.2) is 4.79 Å². The number of urea groups is 1. The second-order valence-corrected chi connectivity index (χ2v) is 3.53. The summed E-state index contributed by atoms with van der Waals surface area (Å²) < 4.78 is 1.62. The summed E-state index contributed by atoms with van der Waals surface area (Å²) in [5.74, 6) is 0. The van der Waals surface area contributed by atoms with E-state index in [0.717, 1.165) is 5.69 Å². The summed E-state index contributed by atoms with van der Waals surface area (Å²) >= 11 is 0. The Morgan fingerprint density at radius 3 is 3.00 bits per heavy atom. The van der Waals surface area contributed by atoms with Crippen LogP contribution in [0.5, 0.6) is 0 Å². The van der Waals surface area contributed by atoms with Gasteiger partial charge in [-0.05, 0) is 12.1 Å². The van der Waals surface area contributed by atoms with E-state index in [9.17, 15) is 4.79 Å². The first-order chi connectivity index (χ1) is 8.24. The van der Waals surface area contributed by atoms with Crippen molar-refractivity contribution in [1.29, 1.82) is 0 Å². The minimum Gasteiger partial charge on any atom is -0.332 e. The lowest BCUT2D eigenvalue weighted by Crippen LogP contribution is -2.28. The van der Waals surface area contributed by atoms with Gasteiger partial charge < -0.3 is 10.6 Å². The van der Waals surface area contributed by atoms with E-state index < -0.39 is 0 Å². The van der Waals surface area contributed by atoms with Crippen molar-refractivity contribution >= 4 is 11.7 Å². The zero-order valence-corrected chi connectivity index (χ0v) is 9.42. The highest BCUT2D eigenvalue weighted by molar-refractivity contribution is 5.88. The number of anilines is 1. The van der Waals surface area contributed by atoms with E-state index in [0.29, 0.717) is 12.2 Å². The number of rotatable bonds is 3. The van der Waals surface area contributed by atoms with Crippen LogP contribution in [0.1, 0.15) is 5.69 Å². The standard InChI is InChI=1S/C11H13N5O/c1-16-8-10(7-14-16)15-11(17)13-6-9-4-2-3-5-12-9/h2-5,7-8H,6H2,1H3,(H2,13,15,17). The molecule has 0 spiro atoms. The molecule has 0 saturated heterocycles. The SMILES string of the molecule is Cn1cc(NC(=O)NCc2ccccn2)cn1. The van der Waals surface area contributed by atoms with Gasteiger partial charge in [-0.15, -0.1) is 0 Å². The van der Waals surface area contributed by atoms with Crippen molar-refractivity contribution in [1.82, 2.24) is 20.1 Å². The van der Waals surface area contributed by atoms with Crippen molar-refractivity contribution in [2.45, 2.75) is 6.54 Å². The van der Waals surface area contributed by atoms with Gasteiger partial charge in [0.2, 0.25) is 0 Å². The topological polar surface area (TPSA) is 71.8 Å². The molecule has 17 heavy (non-hydrogen) atoms. The van der Waals surface area contributed by atoms with Gasteiger partial charge in [0, 0.05) is 19.4 Å². The van der Waals surface area contributed by atoms with E-state index in [2.05, 4.69) is 20.7 Å². The van der Waals surface area contributed by atoms with Crippen molar-refractivity contribution in [2.75, 3.05) is 5.32 Å². The highest BCUT2D eigenvalue weighted by atomic mass is 16.2. The Hall–Kier alpha value is -2.37. The van der Waals surface area contributed by atoms with E-state index >= 15 is 0 Å². The van der Waals surface area contributed by atoms with Crippen LogP contribution in [0.4, 0.5) is 10.5 Å². The predicted octanol–water partition coefficient (Wildman–Crippen LogP) is 1.14. The van der Waals surface area contributed by atoms with Gasteiger partial charge in [-0.2, -0.15) is 5.10 Å². The molecular formula is C11H13N5O. The second kappa shape index (κ2) is 5.11. The summed E-state index contributed by atoms with van der Waals surface area (Å²) in [4.78, 5) is 15.6. The van der Waals surface area contributed by atoms with Gasteiger partial charge in [0.05, 0.1) is 24.1 Å². The molecule has 0 bridgehead atoms. The molecule has 0 aromatic carbocycles. The molecule has 6 heteroatoms. The summed E-state index contributed by atoms with van der Waals surface area (Å²) in [6.45, 7) is 0.396. The van der Waals surface area contributed by atoms with Crippen molar-refractivity contribution in [3.8, 4) is 0 Å². The summed E-state index contributed by atoms with van der Waals surface area (Å²) in [5.41, 5.74) is 1.47. The lowest BCUT2D eigenvalue weighted by atomic mass is 10.3. The fraction of sp³-hybridized carbons (Fsp3) is 0.182. The Balaban J connectivity index is 1.82. The maximum Gasteiger partial charge on any atom is 0.319 e. The average molecular weight is 231 g/mol. The Morgan fingerprint density at radius 2 is 2.35 bits per heavy atom. The van der Waals surface area contributed by atoms with Crippen molar-refractivity contribution in [2.24, 2.45) is 7.05 Å². The van der Waals surface area contributed by atoms with E-state index in [1.54, 1.807) is 30.3 Å². The van der Waals surface area contributed by atoms with E-state index in [1.165, 1.54) is 0 Å². The maximum absolute atomic E-state index is 11.5. The predicted molar refractivity (Wildman–Crippen MR) is 63.3 cm³/mol. The molecule has 0 aliphatic rings. The quantitative estimate of drug-likeness (QED) is 0.832. The summed E-state index contributed by atoms with van der Waals surface area (Å²) in [7, 11) is 1.79. The first-order valence-electron chi connectivity index (χ1n) is 5.17.